The van der Waals surface area contributed by atoms with Gasteiger partial charge in [-0.15, -0.1) is 10.2 Å². The van der Waals surface area contributed by atoms with E-state index >= 15 is 0 Å². The molecule has 2 aromatic rings. The Bertz CT molecular complexity index is 730. The Hall–Kier alpha value is -2.95. The fraction of sp³-hybridized carbons (Fsp3) is 0.308. The summed E-state index contributed by atoms with van der Waals surface area (Å²) in [5, 5.41) is 30.6. The summed E-state index contributed by atoms with van der Waals surface area (Å²) in [4.78, 5) is 10.1. The van der Waals surface area contributed by atoms with Crippen LogP contribution in [0, 0.1) is 21.4 Å². The quantitative estimate of drug-likeness (QED) is 0.661. The summed E-state index contributed by atoms with van der Waals surface area (Å²) in [5.74, 6) is 1.47. The highest BCUT2D eigenvalue weighted by atomic mass is 16.6. The molecule has 0 amide bonds. The molecular weight excluding hydrogens is 274 g/mol. The van der Waals surface area contributed by atoms with Gasteiger partial charge in [0.05, 0.1) is 22.7 Å². The zero-order valence-corrected chi connectivity index (χ0v) is 10.9. The molecule has 3 rings (SSSR count). The van der Waals surface area contributed by atoms with Crippen molar-refractivity contribution < 1.29 is 9.34 Å². The number of rotatable bonds is 5. The lowest BCUT2D eigenvalue weighted by Gasteiger charge is -2.05. The van der Waals surface area contributed by atoms with E-state index in [4.69, 9.17) is 9.68 Å². The number of hydrogen-bond donors (Lipinski definition) is 1. The van der Waals surface area contributed by atoms with Crippen molar-refractivity contribution >= 4 is 11.4 Å². The van der Waals surface area contributed by atoms with Crippen molar-refractivity contribution in [3.8, 4) is 6.07 Å². The smallest absolute Gasteiger partial charge is 0.270 e. The van der Waals surface area contributed by atoms with Gasteiger partial charge in [-0.1, -0.05) is 0 Å². The molecule has 1 aromatic heterocycles. The molecule has 0 atom stereocenters. The largest absolute Gasteiger partial charge is 0.423 e. The summed E-state index contributed by atoms with van der Waals surface area (Å²) in [6.45, 7) is 0.270. The van der Waals surface area contributed by atoms with Gasteiger partial charge < -0.3 is 9.73 Å². The average molecular weight is 285 g/mol. The second-order valence-corrected chi connectivity index (χ2v) is 4.76. The average Bonchev–Trinajstić information content (AvgIpc) is 3.24. The molecule has 21 heavy (non-hydrogen) atoms. The monoisotopic (exact) mass is 285 g/mol. The number of nitro groups is 1. The molecule has 0 unspecified atom stereocenters. The predicted octanol–water partition coefficient (Wildman–Crippen LogP) is 2.34. The SMILES string of the molecule is N#Cc1cc([N+](=O)[O-])ccc1NCc1nnc(C2CC2)o1. The zero-order chi connectivity index (χ0) is 14.8. The van der Waals surface area contributed by atoms with Crippen molar-refractivity contribution in [2.24, 2.45) is 0 Å². The molecule has 1 aromatic carbocycles. The van der Waals surface area contributed by atoms with Crippen LogP contribution < -0.4 is 5.32 Å². The van der Waals surface area contributed by atoms with Gasteiger partial charge in [-0.25, -0.2) is 0 Å². The molecular formula is C13H11N5O3. The maximum Gasteiger partial charge on any atom is 0.270 e. The lowest BCUT2D eigenvalue weighted by molar-refractivity contribution is -0.384. The van der Waals surface area contributed by atoms with Gasteiger partial charge in [-0.2, -0.15) is 5.26 Å². The van der Waals surface area contributed by atoms with E-state index in [1.807, 2.05) is 6.07 Å². The summed E-state index contributed by atoms with van der Waals surface area (Å²) in [6, 6.07) is 5.99. The van der Waals surface area contributed by atoms with E-state index in [1.54, 1.807) is 0 Å². The summed E-state index contributed by atoms with van der Waals surface area (Å²) in [7, 11) is 0. The Balaban J connectivity index is 1.71. The van der Waals surface area contributed by atoms with Gasteiger partial charge in [0.25, 0.3) is 5.69 Å². The van der Waals surface area contributed by atoms with Gasteiger partial charge >= 0.3 is 0 Å². The van der Waals surface area contributed by atoms with Gasteiger partial charge in [0.1, 0.15) is 6.07 Å². The molecule has 8 heteroatoms. The van der Waals surface area contributed by atoms with Crippen LogP contribution in [0.1, 0.15) is 36.1 Å². The van der Waals surface area contributed by atoms with Gasteiger partial charge in [0.2, 0.25) is 11.8 Å². The van der Waals surface area contributed by atoms with Crippen LogP contribution in [0.2, 0.25) is 0 Å². The summed E-state index contributed by atoms with van der Waals surface area (Å²) < 4.78 is 5.49. The van der Waals surface area contributed by atoms with E-state index in [9.17, 15) is 10.1 Å². The van der Waals surface area contributed by atoms with Crippen LogP contribution in [-0.2, 0) is 6.54 Å². The number of nitriles is 1. The second kappa shape index (κ2) is 5.20. The summed E-state index contributed by atoms with van der Waals surface area (Å²) >= 11 is 0. The highest BCUT2D eigenvalue weighted by Crippen LogP contribution is 2.39. The Morgan fingerprint density at radius 2 is 2.29 bits per heavy atom. The van der Waals surface area contributed by atoms with Crippen LogP contribution >= 0.6 is 0 Å². The first-order chi connectivity index (χ1) is 10.2. The van der Waals surface area contributed by atoms with Gasteiger partial charge in [0.15, 0.2) is 0 Å². The molecule has 0 bridgehead atoms. The summed E-state index contributed by atoms with van der Waals surface area (Å²) in [6.07, 6.45) is 2.16. The number of benzene rings is 1. The molecule has 1 aliphatic rings. The van der Waals surface area contributed by atoms with Crippen molar-refractivity contribution in [3.05, 3.63) is 45.7 Å². The molecule has 0 radical (unpaired) electrons. The third kappa shape index (κ3) is 2.81. The highest BCUT2D eigenvalue weighted by molar-refractivity contribution is 5.61. The van der Waals surface area contributed by atoms with Crippen LogP contribution in [0.25, 0.3) is 0 Å². The lowest BCUT2D eigenvalue weighted by Crippen LogP contribution is -2.02. The zero-order valence-electron chi connectivity index (χ0n) is 10.9. The molecule has 0 saturated heterocycles. The minimum absolute atomic E-state index is 0.120. The standard InChI is InChI=1S/C13H11N5O3/c14-6-9-5-10(18(19)20)3-4-11(9)15-7-12-16-17-13(21-12)8-1-2-8/h3-5,8,15H,1-2,7H2. The minimum atomic E-state index is -0.537. The molecule has 1 fully saturated rings. The van der Waals surface area contributed by atoms with Crippen molar-refractivity contribution in [1.82, 2.24) is 10.2 Å². The Kier molecular flexibility index (Phi) is 3.23. The van der Waals surface area contributed by atoms with Crippen molar-refractivity contribution in [1.29, 1.82) is 5.26 Å². The van der Waals surface area contributed by atoms with Gasteiger partial charge in [0, 0.05) is 18.1 Å². The number of aromatic nitrogens is 2. The maximum absolute atomic E-state index is 10.7. The molecule has 1 saturated carbocycles. The first kappa shape index (κ1) is 13.1. The molecule has 0 spiro atoms. The lowest BCUT2D eigenvalue weighted by atomic mass is 10.1. The Morgan fingerprint density at radius 3 is 2.95 bits per heavy atom. The van der Waals surface area contributed by atoms with Crippen LogP contribution in [0.5, 0.6) is 0 Å². The normalized spacial score (nSPS) is 13.7. The second-order valence-electron chi connectivity index (χ2n) is 4.76. The molecule has 1 heterocycles. The van der Waals surface area contributed by atoms with Crippen LogP contribution in [0.4, 0.5) is 11.4 Å². The van der Waals surface area contributed by atoms with E-state index in [2.05, 4.69) is 15.5 Å². The fourth-order valence-electron chi connectivity index (χ4n) is 1.90. The van der Waals surface area contributed by atoms with E-state index in [0.29, 0.717) is 23.4 Å². The fourth-order valence-corrected chi connectivity index (χ4v) is 1.90. The molecule has 0 aliphatic heterocycles. The van der Waals surface area contributed by atoms with Crippen molar-refractivity contribution in [3.63, 3.8) is 0 Å². The Morgan fingerprint density at radius 1 is 1.48 bits per heavy atom. The van der Waals surface area contributed by atoms with E-state index in [-0.39, 0.29) is 17.8 Å². The summed E-state index contributed by atoms with van der Waals surface area (Å²) in [5.41, 5.74) is 0.575. The third-order valence-corrected chi connectivity index (χ3v) is 3.17. The topological polar surface area (TPSA) is 118 Å². The van der Waals surface area contributed by atoms with Crippen LogP contribution in [-0.4, -0.2) is 15.1 Å². The minimum Gasteiger partial charge on any atom is -0.423 e. The number of non-ortho nitro benzene ring substituents is 1. The first-order valence-electron chi connectivity index (χ1n) is 6.42. The van der Waals surface area contributed by atoms with Crippen LogP contribution in [0.15, 0.2) is 22.6 Å². The van der Waals surface area contributed by atoms with Crippen molar-refractivity contribution in [2.75, 3.05) is 5.32 Å². The highest BCUT2D eigenvalue weighted by Gasteiger charge is 2.29. The predicted molar refractivity (Wildman–Crippen MR) is 71.4 cm³/mol. The van der Waals surface area contributed by atoms with Crippen LogP contribution in [0.3, 0.4) is 0 Å². The number of hydrogen-bond acceptors (Lipinski definition) is 7. The first-order valence-corrected chi connectivity index (χ1v) is 6.42. The molecule has 1 N–H and O–H groups in total. The van der Waals surface area contributed by atoms with E-state index in [0.717, 1.165) is 12.8 Å². The molecule has 1 aliphatic carbocycles. The van der Waals surface area contributed by atoms with Gasteiger partial charge in [-0.3, -0.25) is 10.1 Å². The number of nitrogens with one attached hydrogen (secondary N) is 1. The van der Waals surface area contributed by atoms with E-state index in [1.165, 1.54) is 18.2 Å². The van der Waals surface area contributed by atoms with E-state index < -0.39 is 4.92 Å². The molecule has 8 nitrogen and oxygen atoms in total. The number of anilines is 1. The number of nitrogens with zero attached hydrogens (tertiary/aromatic N) is 4. The third-order valence-electron chi connectivity index (χ3n) is 3.17. The maximum atomic E-state index is 10.7. The number of nitro benzene ring substituents is 1. The Labute approximate surface area is 119 Å². The van der Waals surface area contributed by atoms with Gasteiger partial charge in [-0.05, 0) is 18.9 Å². The molecule has 106 valence electrons. The van der Waals surface area contributed by atoms with Crippen molar-refractivity contribution in [2.45, 2.75) is 25.3 Å².